The van der Waals surface area contributed by atoms with Crippen LogP contribution < -0.4 is 5.73 Å². The molecular weight excluding hydrogens is 242 g/mol. The lowest BCUT2D eigenvalue weighted by Crippen LogP contribution is -1.83. The van der Waals surface area contributed by atoms with Crippen molar-refractivity contribution in [2.24, 2.45) is 0 Å². The zero-order valence-electron chi connectivity index (χ0n) is 9.58. The monoisotopic (exact) mass is 253 g/mol. The molecule has 0 aliphatic heterocycles. The van der Waals surface area contributed by atoms with Crippen LogP contribution in [0.3, 0.4) is 0 Å². The molecule has 0 saturated heterocycles. The molecule has 1 aromatic carbocycles. The van der Waals surface area contributed by atoms with Crippen molar-refractivity contribution in [1.82, 2.24) is 9.97 Å². The van der Waals surface area contributed by atoms with E-state index < -0.39 is 0 Å². The van der Waals surface area contributed by atoms with Gasteiger partial charge in [0.15, 0.2) is 0 Å². The molecule has 0 radical (unpaired) electrons. The van der Waals surface area contributed by atoms with Gasteiger partial charge in [0.1, 0.15) is 5.01 Å². The Balaban J connectivity index is 2.00. The summed E-state index contributed by atoms with van der Waals surface area (Å²) in [6, 6.07) is 13.6. The van der Waals surface area contributed by atoms with Gasteiger partial charge in [-0.15, -0.1) is 11.3 Å². The number of pyridine rings is 1. The first-order valence-corrected chi connectivity index (χ1v) is 6.38. The number of nitrogens with zero attached hydrogens (tertiary/aromatic N) is 2. The van der Waals surface area contributed by atoms with E-state index in [0.717, 1.165) is 26.8 Å². The van der Waals surface area contributed by atoms with Gasteiger partial charge in [0.05, 0.1) is 10.6 Å². The minimum absolute atomic E-state index is 0.764. The SMILES string of the molecule is Nc1cccc(-c2cnc(-c3ccccn3)s2)c1. The molecule has 0 spiro atoms. The van der Waals surface area contributed by atoms with E-state index in [2.05, 4.69) is 9.97 Å². The zero-order valence-corrected chi connectivity index (χ0v) is 10.4. The molecule has 4 heteroatoms. The highest BCUT2D eigenvalue weighted by molar-refractivity contribution is 7.18. The van der Waals surface area contributed by atoms with Gasteiger partial charge >= 0.3 is 0 Å². The predicted octanol–water partition coefficient (Wildman–Crippen LogP) is 3.45. The number of thiazole rings is 1. The highest BCUT2D eigenvalue weighted by atomic mass is 32.1. The predicted molar refractivity (Wildman–Crippen MR) is 75.2 cm³/mol. The molecule has 0 unspecified atom stereocenters. The van der Waals surface area contributed by atoms with Crippen LogP contribution in [0.2, 0.25) is 0 Å². The Morgan fingerprint density at radius 3 is 2.72 bits per heavy atom. The lowest BCUT2D eigenvalue weighted by molar-refractivity contribution is 1.29. The number of rotatable bonds is 2. The average molecular weight is 253 g/mol. The average Bonchev–Trinajstić information content (AvgIpc) is 2.89. The number of anilines is 1. The topological polar surface area (TPSA) is 51.8 Å². The van der Waals surface area contributed by atoms with E-state index >= 15 is 0 Å². The second-order valence-corrected chi connectivity index (χ2v) is 4.90. The largest absolute Gasteiger partial charge is 0.399 e. The third kappa shape index (κ3) is 2.10. The maximum atomic E-state index is 5.79. The molecule has 2 heterocycles. The normalized spacial score (nSPS) is 10.4. The summed E-state index contributed by atoms with van der Waals surface area (Å²) in [7, 11) is 0. The van der Waals surface area contributed by atoms with Crippen LogP contribution in [-0.4, -0.2) is 9.97 Å². The molecule has 0 amide bonds. The van der Waals surface area contributed by atoms with Crippen molar-refractivity contribution in [3.05, 3.63) is 54.9 Å². The zero-order chi connectivity index (χ0) is 12.4. The van der Waals surface area contributed by atoms with Crippen LogP contribution >= 0.6 is 11.3 Å². The fourth-order valence-corrected chi connectivity index (χ4v) is 2.60. The van der Waals surface area contributed by atoms with Crippen LogP contribution in [0.4, 0.5) is 5.69 Å². The number of benzene rings is 1. The molecule has 0 atom stereocenters. The number of aromatic nitrogens is 2. The lowest BCUT2D eigenvalue weighted by atomic mass is 10.2. The van der Waals surface area contributed by atoms with Crippen molar-refractivity contribution in [2.45, 2.75) is 0 Å². The fraction of sp³-hybridized carbons (Fsp3) is 0. The quantitative estimate of drug-likeness (QED) is 0.712. The lowest BCUT2D eigenvalue weighted by Gasteiger charge is -1.97. The van der Waals surface area contributed by atoms with Crippen molar-refractivity contribution >= 4 is 17.0 Å². The molecule has 2 aromatic heterocycles. The number of nitrogen functional groups attached to an aromatic ring is 1. The Hall–Kier alpha value is -2.20. The molecule has 88 valence electrons. The molecule has 2 N–H and O–H groups in total. The van der Waals surface area contributed by atoms with Gasteiger partial charge in [-0.25, -0.2) is 4.98 Å². The Labute approximate surface area is 109 Å². The first kappa shape index (κ1) is 10.9. The van der Waals surface area contributed by atoms with Gasteiger partial charge in [-0.3, -0.25) is 4.98 Å². The standard InChI is InChI=1S/C14H11N3S/c15-11-5-3-4-10(8-11)13-9-17-14(18-13)12-6-1-2-7-16-12/h1-9H,15H2. The van der Waals surface area contributed by atoms with Gasteiger partial charge in [0.2, 0.25) is 0 Å². The third-order valence-corrected chi connectivity index (χ3v) is 3.63. The summed E-state index contributed by atoms with van der Waals surface area (Å²) < 4.78 is 0. The highest BCUT2D eigenvalue weighted by Gasteiger charge is 2.07. The van der Waals surface area contributed by atoms with Crippen LogP contribution in [0.5, 0.6) is 0 Å². The molecule has 0 aliphatic carbocycles. The summed E-state index contributed by atoms with van der Waals surface area (Å²) in [5, 5.41) is 0.924. The summed E-state index contributed by atoms with van der Waals surface area (Å²) in [4.78, 5) is 9.80. The highest BCUT2D eigenvalue weighted by Crippen LogP contribution is 2.31. The summed E-state index contributed by atoms with van der Waals surface area (Å²) >= 11 is 1.62. The van der Waals surface area contributed by atoms with Gasteiger partial charge in [-0.1, -0.05) is 18.2 Å². The van der Waals surface area contributed by atoms with Crippen molar-refractivity contribution in [2.75, 3.05) is 5.73 Å². The van der Waals surface area contributed by atoms with E-state index in [9.17, 15) is 0 Å². The third-order valence-electron chi connectivity index (χ3n) is 2.56. The summed E-state index contributed by atoms with van der Waals surface area (Å²) in [6.07, 6.45) is 3.64. The Kier molecular flexibility index (Phi) is 2.78. The number of hydrogen-bond donors (Lipinski definition) is 1. The first-order valence-electron chi connectivity index (χ1n) is 5.56. The van der Waals surface area contributed by atoms with E-state index in [0.29, 0.717) is 0 Å². The number of hydrogen-bond acceptors (Lipinski definition) is 4. The molecule has 3 aromatic rings. The Morgan fingerprint density at radius 2 is 1.94 bits per heavy atom. The molecule has 3 rings (SSSR count). The van der Waals surface area contributed by atoms with Crippen LogP contribution in [0.1, 0.15) is 0 Å². The Bertz CT molecular complexity index is 662. The van der Waals surface area contributed by atoms with E-state index in [1.807, 2.05) is 48.7 Å². The van der Waals surface area contributed by atoms with E-state index in [-0.39, 0.29) is 0 Å². The molecular formula is C14H11N3S. The second-order valence-electron chi connectivity index (χ2n) is 3.87. The molecule has 0 fully saturated rings. The van der Waals surface area contributed by atoms with Crippen molar-refractivity contribution in [3.8, 4) is 21.1 Å². The first-order chi connectivity index (χ1) is 8.83. The van der Waals surface area contributed by atoms with Crippen LogP contribution in [0.15, 0.2) is 54.9 Å². The van der Waals surface area contributed by atoms with Gasteiger partial charge in [-0.2, -0.15) is 0 Å². The minimum Gasteiger partial charge on any atom is -0.399 e. The van der Waals surface area contributed by atoms with Gasteiger partial charge in [0.25, 0.3) is 0 Å². The van der Waals surface area contributed by atoms with Crippen molar-refractivity contribution < 1.29 is 0 Å². The van der Waals surface area contributed by atoms with E-state index in [1.54, 1.807) is 17.5 Å². The maximum Gasteiger partial charge on any atom is 0.142 e. The molecule has 0 bridgehead atoms. The van der Waals surface area contributed by atoms with Gasteiger partial charge < -0.3 is 5.73 Å². The second kappa shape index (κ2) is 4.58. The Morgan fingerprint density at radius 1 is 1.00 bits per heavy atom. The minimum atomic E-state index is 0.764. The number of nitrogens with two attached hydrogens (primary N) is 1. The van der Waals surface area contributed by atoms with Crippen molar-refractivity contribution in [1.29, 1.82) is 0 Å². The maximum absolute atomic E-state index is 5.79. The van der Waals surface area contributed by atoms with Gasteiger partial charge in [0, 0.05) is 18.1 Å². The molecule has 0 saturated carbocycles. The summed E-state index contributed by atoms with van der Waals surface area (Å²) in [6.45, 7) is 0. The van der Waals surface area contributed by atoms with E-state index in [4.69, 9.17) is 5.73 Å². The summed E-state index contributed by atoms with van der Waals surface area (Å²) in [5.74, 6) is 0. The van der Waals surface area contributed by atoms with Gasteiger partial charge in [-0.05, 0) is 29.8 Å². The van der Waals surface area contributed by atoms with Crippen molar-refractivity contribution in [3.63, 3.8) is 0 Å². The molecule has 0 aliphatic rings. The molecule has 18 heavy (non-hydrogen) atoms. The van der Waals surface area contributed by atoms with Crippen LogP contribution in [-0.2, 0) is 0 Å². The smallest absolute Gasteiger partial charge is 0.142 e. The molecule has 3 nitrogen and oxygen atoms in total. The summed E-state index contributed by atoms with van der Waals surface area (Å²) in [5.41, 5.74) is 8.54. The van der Waals surface area contributed by atoms with Crippen LogP contribution in [0.25, 0.3) is 21.1 Å². The fourth-order valence-electron chi connectivity index (χ4n) is 1.71. The van der Waals surface area contributed by atoms with E-state index in [1.165, 1.54) is 0 Å². The van der Waals surface area contributed by atoms with Crippen LogP contribution in [0, 0.1) is 0 Å².